The molecular weight excluding hydrogens is 234 g/mol. The Balaban J connectivity index is 1.86. The average molecular weight is 257 g/mol. The van der Waals surface area contributed by atoms with Crippen LogP contribution in [0.1, 0.15) is 25.7 Å². The minimum Gasteiger partial charge on any atom is -0.383 e. The zero-order chi connectivity index (χ0) is 13.2. The summed E-state index contributed by atoms with van der Waals surface area (Å²) in [6.45, 7) is 2.09. The van der Waals surface area contributed by atoms with Crippen LogP contribution in [0.4, 0.5) is 0 Å². The fourth-order valence-electron chi connectivity index (χ4n) is 1.44. The molecule has 0 heterocycles. The number of nitrogens with one attached hydrogen (secondary N) is 3. The van der Waals surface area contributed by atoms with Crippen LogP contribution in [0.5, 0.6) is 0 Å². The van der Waals surface area contributed by atoms with Crippen molar-refractivity contribution < 1.29 is 14.3 Å². The van der Waals surface area contributed by atoms with Gasteiger partial charge in [0.25, 0.3) is 0 Å². The van der Waals surface area contributed by atoms with Crippen LogP contribution in [-0.2, 0) is 14.3 Å². The number of hydrogen-bond donors (Lipinski definition) is 3. The van der Waals surface area contributed by atoms with E-state index < -0.39 is 0 Å². The van der Waals surface area contributed by atoms with Gasteiger partial charge in [0.2, 0.25) is 11.8 Å². The molecule has 0 radical (unpaired) electrons. The molecule has 0 aromatic carbocycles. The van der Waals surface area contributed by atoms with Crippen LogP contribution >= 0.6 is 0 Å². The van der Waals surface area contributed by atoms with E-state index in [4.69, 9.17) is 4.74 Å². The molecular formula is C12H23N3O3. The average Bonchev–Trinajstić information content (AvgIpc) is 3.14. The van der Waals surface area contributed by atoms with Crippen LogP contribution in [0.2, 0.25) is 0 Å². The summed E-state index contributed by atoms with van der Waals surface area (Å²) in [7, 11) is 1.62. The summed E-state index contributed by atoms with van der Waals surface area (Å²) in [5, 5.41) is 8.63. The lowest BCUT2D eigenvalue weighted by Gasteiger charge is -2.06. The van der Waals surface area contributed by atoms with Gasteiger partial charge in [-0.05, 0) is 19.3 Å². The van der Waals surface area contributed by atoms with Crippen LogP contribution < -0.4 is 16.0 Å². The van der Waals surface area contributed by atoms with E-state index in [0.717, 1.165) is 12.8 Å². The zero-order valence-corrected chi connectivity index (χ0v) is 11.0. The number of hydrogen-bond acceptors (Lipinski definition) is 4. The van der Waals surface area contributed by atoms with E-state index in [9.17, 15) is 9.59 Å². The second kappa shape index (κ2) is 8.88. The molecule has 0 aliphatic heterocycles. The molecule has 1 fully saturated rings. The number of carbonyl (C=O) groups is 2. The molecule has 6 nitrogen and oxygen atoms in total. The number of rotatable bonds is 10. The molecule has 6 heteroatoms. The van der Waals surface area contributed by atoms with Crippen molar-refractivity contribution in [1.82, 2.24) is 16.0 Å². The van der Waals surface area contributed by atoms with Gasteiger partial charge >= 0.3 is 0 Å². The lowest BCUT2D eigenvalue weighted by Crippen LogP contribution is -2.36. The smallest absolute Gasteiger partial charge is 0.233 e. The van der Waals surface area contributed by atoms with Gasteiger partial charge in [0.1, 0.15) is 0 Å². The molecule has 0 aromatic rings. The summed E-state index contributed by atoms with van der Waals surface area (Å²) in [5.74, 6) is 0.0404. The Morgan fingerprint density at radius 3 is 2.67 bits per heavy atom. The van der Waals surface area contributed by atoms with Crippen molar-refractivity contribution in [3.8, 4) is 0 Å². The highest BCUT2D eigenvalue weighted by molar-refractivity contribution is 5.78. The third kappa shape index (κ3) is 8.03. The monoisotopic (exact) mass is 257 g/mol. The molecule has 1 aliphatic carbocycles. The molecule has 2 amide bonds. The van der Waals surface area contributed by atoms with E-state index >= 15 is 0 Å². The van der Waals surface area contributed by atoms with Crippen molar-refractivity contribution in [3.05, 3.63) is 0 Å². The maximum absolute atomic E-state index is 11.3. The Morgan fingerprint density at radius 1 is 1.22 bits per heavy atom. The molecule has 18 heavy (non-hydrogen) atoms. The Hall–Kier alpha value is -1.14. The van der Waals surface area contributed by atoms with Crippen LogP contribution in [0.3, 0.4) is 0 Å². The van der Waals surface area contributed by atoms with E-state index in [1.807, 2.05) is 0 Å². The SMILES string of the molecule is COCCNCC(=O)NCCCC(=O)NC1CC1. The minimum absolute atomic E-state index is 0.0475. The summed E-state index contributed by atoms with van der Waals surface area (Å²) >= 11 is 0. The predicted molar refractivity (Wildman–Crippen MR) is 68.2 cm³/mol. The third-order valence-corrected chi connectivity index (χ3v) is 2.61. The Morgan fingerprint density at radius 2 is 2.00 bits per heavy atom. The van der Waals surface area contributed by atoms with Gasteiger partial charge in [-0.25, -0.2) is 0 Å². The molecule has 0 atom stereocenters. The van der Waals surface area contributed by atoms with Crippen molar-refractivity contribution in [3.63, 3.8) is 0 Å². The molecule has 1 rings (SSSR count). The van der Waals surface area contributed by atoms with E-state index in [1.165, 1.54) is 0 Å². The molecule has 0 bridgehead atoms. The summed E-state index contributed by atoms with van der Waals surface area (Å²) in [5.41, 5.74) is 0. The van der Waals surface area contributed by atoms with Crippen LogP contribution in [-0.4, -0.2) is 51.2 Å². The van der Waals surface area contributed by atoms with Gasteiger partial charge < -0.3 is 20.7 Å². The summed E-state index contributed by atoms with van der Waals surface area (Å²) in [6, 6.07) is 0.414. The van der Waals surface area contributed by atoms with E-state index in [-0.39, 0.29) is 18.4 Å². The van der Waals surface area contributed by atoms with Gasteiger partial charge in [0.05, 0.1) is 13.2 Å². The van der Waals surface area contributed by atoms with Crippen molar-refractivity contribution >= 4 is 11.8 Å². The van der Waals surface area contributed by atoms with Crippen molar-refractivity contribution in [2.24, 2.45) is 0 Å². The van der Waals surface area contributed by atoms with Crippen molar-refractivity contribution in [1.29, 1.82) is 0 Å². The van der Waals surface area contributed by atoms with Gasteiger partial charge in [-0.15, -0.1) is 0 Å². The van der Waals surface area contributed by atoms with Gasteiger partial charge in [0, 0.05) is 32.7 Å². The zero-order valence-electron chi connectivity index (χ0n) is 11.0. The summed E-state index contributed by atoms with van der Waals surface area (Å²) in [6.07, 6.45) is 3.38. The normalized spacial score (nSPS) is 14.3. The van der Waals surface area contributed by atoms with E-state index in [2.05, 4.69) is 16.0 Å². The van der Waals surface area contributed by atoms with Gasteiger partial charge in [-0.1, -0.05) is 0 Å². The number of carbonyl (C=O) groups excluding carboxylic acids is 2. The minimum atomic E-state index is -0.0475. The first-order chi connectivity index (χ1) is 8.72. The number of methoxy groups -OCH3 is 1. The van der Waals surface area contributed by atoms with Crippen LogP contribution in [0.25, 0.3) is 0 Å². The highest BCUT2D eigenvalue weighted by Crippen LogP contribution is 2.18. The maximum atomic E-state index is 11.3. The number of amides is 2. The Labute approximate surface area is 108 Å². The Kier molecular flexibility index (Phi) is 7.36. The molecule has 0 unspecified atom stereocenters. The fraction of sp³-hybridized carbons (Fsp3) is 0.833. The molecule has 0 saturated heterocycles. The van der Waals surface area contributed by atoms with E-state index in [1.54, 1.807) is 7.11 Å². The van der Waals surface area contributed by atoms with Crippen LogP contribution in [0.15, 0.2) is 0 Å². The predicted octanol–water partition coefficient (Wildman–Crippen LogP) is -0.603. The quantitative estimate of drug-likeness (QED) is 0.457. The Bertz CT molecular complexity index is 267. The first-order valence-corrected chi connectivity index (χ1v) is 6.48. The van der Waals surface area contributed by atoms with E-state index in [0.29, 0.717) is 38.6 Å². The number of ether oxygens (including phenoxy) is 1. The topological polar surface area (TPSA) is 79.5 Å². The second-order valence-corrected chi connectivity index (χ2v) is 4.46. The lowest BCUT2D eigenvalue weighted by molar-refractivity contribution is -0.122. The largest absolute Gasteiger partial charge is 0.383 e. The molecule has 0 aromatic heterocycles. The summed E-state index contributed by atoms with van der Waals surface area (Å²) in [4.78, 5) is 22.7. The van der Waals surface area contributed by atoms with Gasteiger partial charge in [0.15, 0.2) is 0 Å². The van der Waals surface area contributed by atoms with Crippen molar-refractivity contribution in [2.45, 2.75) is 31.7 Å². The standard InChI is InChI=1S/C12H23N3O3/c1-18-8-7-13-9-12(17)14-6-2-3-11(16)15-10-4-5-10/h10,13H,2-9H2,1H3,(H,14,17)(H,15,16). The van der Waals surface area contributed by atoms with Crippen LogP contribution in [0, 0.1) is 0 Å². The molecule has 1 saturated carbocycles. The van der Waals surface area contributed by atoms with Gasteiger partial charge in [-0.3, -0.25) is 9.59 Å². The molecule has 104 valence electrons. The van der Waals surface area contributed by atoms with Crippen molar-refractivity contribution in [2.75, 3.05) is 33.4 Å². The molecule has 3 N–H and O–H groups in total. The maximum Gasteiger partial charge on any atom is 0.233 e. The highest BCUT2D eigenvalue weighted by atomic mass is 16.5. The summed E-state index contributed by atoms with van der Waals surface area (Å²) < 4.78 is 4.85. The third-order valence-electron chi connectivity index (χ3n) is 2.61. The van der Waals surface area contributed by atoms with Gasteiger partial charge in [-0.2, -0.15) is 0 Å². The first kappa shape index (κ1) is 14.9. The highest BCUT2D eigenvalue weighted by Gasteiger charge is 2.22. The fourth-order valence-corrected chi connectivity index (χ4v) is 1.44. The molecule has 1 aliphatic rings. The first-order valence-electron chi connectivity index (χ1n) is 6.48. The molecule has 0 spiro atoms. The second-order valence-electron chi connectivity index (χ2n) is 4.46. The lowest BCUT2D eigenvalue weighted by atomic mass is 10.3.